The Morgan fingerprint density at radius 3 is 2.94 bits per heavy atom. The topological polar surface area (TPSA) is 47.9 Å². The minimum Gasteiger partial charge on any atom is -0.466 e. The lowest BCUT2D eigenvalue weighted by Crippen LogP contribution is -2.21. The van der Waals surface area contributed by atoms with Crippen LogP contribution in [0, 0.1) is 17.8 Å². The third-order valence-electron chi connectivity index (χ3n) is 3.39. The van der Waals surface area contributed by atoms with Gasteiger partial charge in [0.2, 0.25) is 0 Å². The van der Waals surface area contributed by atoms with E-state index in [-0.39, 0.29) is 18.0 Å². The van der Waals surface area contributed by atoms with E-state index in [4.69, 9.17) is 9.57 Å². The SMILES string of the molecule is CCOC(=O)C1CC2ON=C(C(C)C)C2C1. The van der Waals surface area contributed by atoms with Crippen LogP contribution in [0.15, 0.2) is 5.16 Å². The number of hydrogen-bond acceptors (Lipinski definition) is 4. The van der Waals surface area contributed by atoms with E-state index in [1.807, 2.05) is 6.92 Å². The number of esters is 1. The molecule has 1 aliphatic heterocycles. The molecule has 0 aromatic rings. The van der Waals surface area contributed by atoms with Crippen molar-refractivity contribution in [3.05, 3.63) is 0 Å². The normalized spacial score (nSPS) is 32.2. The van der Waals surface area contributed by atoms with E-state index in [1.54, 1.807) is 0 Å². The number of oxime groups is 1. The molecule has 0 N–H and O–H groups in total. The molecule has 2 aliphatic rings. The highest BCUT2D eigenvalue weighted by Gasteiger charge is 2.46. The lowest BCUT2D eigenvalue weighted by atomic mass is 9.91. The van der Waals surface area contributed by atoms with Crippen LogP contribution in [0.5, 0.6) is 0 Å². The van der Waals surface area contributed by atoms with Crippen LogP contribution in [-0.2, 0) is 14.4 Å². The number of nitrogens with zero attached hydrogens (tertiary/aromatic N) is 1. The molecule has 0 spiro atoms. The number of carbonyl (C=O) groups excluding carboxylic acids is 1. The Hall–Kier alpha value is -1.06. The number of carbonyl (C=O) groups is 1. The Morgan fingerprint density at radius 1 is 1.56 bits per heavy atom. The van der Waals surface area contributed by atoms with Crippen LogP contribution in [0.4, 0.5) is 0 Å². The van der Waals surface area contributed by atoms with Gasteiger partial charge in [-0.1, -0.05) is 19.0 Å². The maximum atomic E-state index is 11.6. The van der Waals surface area contributed by atoms with Gasteiger partial charge in [0.1, 0.15) is 6.10 Å². The summed E-state index contributed by atoms with van der Waals surface area (Å²) in [4.78, 5) is 17.0. The minimum atomic E-state index is -0.0800. The van der Waals surface area contributed by atoms with E-state index in [0.717, 1.165) is 18.6 Å². The van der Waals surface area contributed by atoms with Gasteiger partial charge in [-0.25, -0.2) is 0 Å². The Labute approximate surface area is 96.0 Å². The Balaban J connectivity index is 1.98. The predicted octanol–water partition coefficient (Wildman–Crippen LogP) is 1.99. The molecule has 4 nitrogen and oxygen atoms in total. The molecule has 0 saturated heterocycles. The average Bonchev–Trinajstić information content (AvgIpc) is 2.74. The third kappa shape index (κ3) is 1.93. The average molecular weight is 225 g/mol. The van der Waals surface area contributed by atoms with Crippen molar-refractivity contribution in [3.63, 3.8) is 0 Å². The number of hydrogen-bond donors (Lipinski definition) is 0. The van der Waals surface area contributed by atoms with Crippen molar-refractivity contribution in [1.82, 2.24) is 0 Å². The summed E-state index contributed by atoms with van der Waals surface area (Å²) in [6.07, 6.45) is 1.69. The van der Waals surface area contributed by atoms with Gasteiger partial charge in [-0.15, -0.1) is 0 Å². The van der Waals surface area contributed by atoms with Crippen LogP contribution in [0.3, 0.4) is 0 Å². The molecule has 0 bridgehead atoms. The summed E-state index contributed by atoms with van der Waals surface area (Å²) in [5.41, 5.74) is 1.11. The van der Waals surface area contributed by atoms with Crippen LogP contribution in [0.25, 0.3) is 0 Å². The molecule has 0 aromatic heterocycles. The first kappa shape index (κ1) is 11.4. The van der Waals surface area contributed by atoms with E-state index in [2.05, 4.69) is 19.0 Å². The zero-order valence-corrected chi connectivity index (χ0v) is 10.1. The second kappa shape index (κ2) is 4.44. The minimum absolute atomic E-state index is 0.000741. The Kier molecular flexibility index (Phi) is 3.17. The van der Waals surface area contributed by atoms with Gasteiger partial charge in [-0.3, -0.25) is 4.79 Å². The number of rotatable bonds is 3. The van der Waals surface area contributed by atoms with Gasteiger partial charge in [0.05, 0.1) is 18.2 Å². The quantitative estimate of drug-likeness (QED) is 0.690. The highest BCUT2D eigenvalue weighted by Crippen LogP contribution is 2.40. The first-order valence-corrected chi connectivity index (χ1v) is 6.03. The summed E-state index contributed by atoms with van der Waals surface area (Å²) in [5, 5.41) is 4.12. The second-order valence-electron chi connectivity index (χ2n) is 4.84. The maximum absolute atomic E-state index is 11.6. The van der Waals surface area contributed by atoms with Gasteiger partial charge >= 0.3 is 5.97 Å². The molecule has 2 rings (SSSR count). The van der Waals surface area contributed by atoms with Crippen LogP contribution in [0.2, 0.25) is 0 Å². The van der Waals surface area contributed by atoms with Crippen LogP contribution < -0.4 is 0 Å². The predicted molar refractivity (Wildman–Crippen MR) is 60.0 cm³/mol. The van der Waals surface area contributed by atoms with Gasteiger partial charge in [0.15, 0.2) is 0 Å². The van der Waals surface area contributed by atoms with Crippen molar-refractivity contribution in [2.75, 3.05) is 6.61 Å². The molecule has 1 aliphatic carbocycles. The van der Waals surface area contributed by atoms with Crippen molar-refractivity contribution in [1.29, 1.82) is 0 Å². The van der Waals surface area contributed by atoms with Crippen LogP contribution >= 0.6 is 0 Å². The fourth-order valence-electron chi connectivity index (χ4n) is 2.61. The molecule has 4 heteroatoms. The molecule has 16 heavy (non-hydrogen) atoms. The van der Waals surface area contributed by atoms with Crippen LogP contribution in [-0.4, -0.2) is 24.4 Å². The molecule has 1 heterocycles. The monoisotopic (exact) mass is 225 g/mol. The molecule has 0 amide bonds. The molecule has 0 radical (unpaired) electrons. The summed E-state index contributed by atoms with van der Waals surface area (Å²) in [6, 6.07) is 0. The summed E-state index contributed by atoms with van der Waals surface area (Å²) in [5.74, 6) is 0.646. The first-order valence-electron chi connectivity index (χ1n) is 6.03. The van der Waals surface area contributed by atoms with E-state index < -0.39 is 0 Å². The molecule has 1 fully saturated rings. The van der Waals surface area contributed by atoms with Gasteiger partial charge in [-0.2, -0.15) is 0 Å². The first-order chi connectivity index (χ1) is 7.63. The number of fused-ring (bicyclic) bond motifs is 1. The fraction of sp³-hybridized carbons (Fsp3) is 0.833. The molecule has 3 unspecified atom stereocenters. The lowest BCUT2D eigenvalue weighted by Gasteiger charge is -2.11. The van der Waals surface area contributed by atoms with Crippen molar-refractivity contribution in [2.24, 2.45) is 22.9 Å². The molecular weight excluding hydrogens is 206 g/mol. The van der Waals surface area contributed by atoms with Gasteiger partial charge in [0, 0.05) is 12.3 Å². The molecule has 1 saturated carbocycles. The second-order valence-corrected chi connectivity index (χ2v) is 4.84. The van der Waals surface area contributed by atoms with Crippen molar-refractivity contribution >= 4 is 11.7 Å². The van der Waals surface area contributed by atoms with Gasteiger partial charge in [-0.05, 0) is 19.3 Å². The number of ether oxygens (including phenoxy) is 1. The smallest absolute Gasteiger partial charge is 0.309 e. The van der Waals surface area contributed by atoms with Gasteiger partial charge < -0.3 is 9.57 Å². The summed E-state index contributed by atoms with van der Waals surface area (Å²) >= 11 is 0. The largest absolute Gasteiger partial charge is 0.466 e. The highest BCUT2D eigenvalue weighted by molar-refractivity contribution is 5.90. The highest BCUT2D eigenvalue weighted by atomic mass is 16.6. The van der Waals surface area contributed by atoms with Crippen molar-refractivity contribution in [3.8, 4) is 0 Å². The molecule has 0 aromatic carbocycles. The summed E-state index contributed by atoms with van der Waals surface area (Å²) < 4.78 is 5.05. The van der Waals surface area contributed by atoms with E-state index in [1.165, 1.54) is 0 Å². The molecule has 90 valence electrons. The summed E-state index contributed by atoms with van der Waals surface area (Å²) in [7, 11) is 0. The van der Waals surface area contributed by atoms with Crippen molar-refractivity contribution in [2.45, 2.75) is 39.7 Å². The zero-order valence-electron chi connectivity index (χ0n) is 10.1. The van der Waals surface area contributed by atoms with E-state index >= 15 is 0 Å². The molecule has 3 atom stereocenters. The van der Waals surface area contributed by atoms with Crippen LogP contribution in [0.1, 0.15) is 33.6 Å². The zero-order chi connectivity index (χ0) is 11.7. The van der Waals surface area contributed by atoms with Crippen molar-refractivity contribution < 1.29 is 14.4 Å². The fourth-order valence-corrected chi connectivity index (χ4v) is 2.61. The molecular formula is C12H19NO3. The van der Waals surface area contributed by atoms with E-state index in [9.17, 15) is 4.79 Å². The lowest BCUT2D eigenvalue weighted by molar-refractivity contribution is -0.148. The third-order valence-corrected chi connectivity index (χ3v) is 3.39. The van der Waals surface area contributed by atoms with Gasteiger partial charge in [0.25, 0.3) is 0 Å². The Morgan fingerprint density at radius 2 is 2.31 bits per heavy atom. The van der Waals surface area contributed by atoms with E-state index in [0.29, 0.717) is 18.4 Å². The Bertz CT molecular complexity index is 311. The maximum Gasteiger partial charge on any atom is 0.309 e. The summed E-state index contributed by atoms with van der Waals surface area (Å²) in [6.45, 7) is 6.52. The standard InChI is InChI=1S/C12H19NO3/c1-4-15-12(14)8-5-9-10(6-8)16-13-11(9)7(2)3/h7-10H,4-6H2,1-3H3.